The Kier molecular flexibility index (Phi) is 5.65. The van der Waals surface area contributed by atoms with Crippen molar-refractivity contribution in [3.8, 4) is 0 Å². The first kappa shape index (κ1) is 17.8. The SMILES string of the molecule is O=C(CN1CCN(c2ccccc2F)CC1)Nc1ccc(Br)cc1F. The van der Waals surface area contributed by atoms with Gasteiger partial charge in [0.05, 0.1) is 17.9 Å². The number of amides is 1. The van der Waals surface area contributed by atoms with Crippen LogP contribution in [-0.4, -0.2) is 43.5 Å². The first-order chi connectivity index (χ1) is 12.0. The Morgan fingerprint density at radius 3 is 2.44 bits per heavy atom. The second kappa shape index (κ2) is 7.93. The number of hydrogen-bond acceptors (Lipinski definition) is 3. The summed E-state index contributed by atoms with van der Waals surface area (Å²) in [6, 6.07) is 11.2. The maximum atomic E-state index is 13.8. The van der Waals surface area contributed by atoms with Gasteiger partial charge < -0.3 is 10.2 Å². The molecule has 0 unspecified atom stereocenters. The average molecular weight is 410 g/mol. The van der Waals surface area contributed by atoms with Crippen LogP contribution in [0.5, 0.6) is 0 Å². The number of rotatable bonds is 4. The van der Waals surface area contributed by atoms with Gasteiger partial charge in [-0.2, -0.15) is 0 Å². The predicted octanol–water partition coefficient (Wildman–Crippen LogP) is 3.49. The highest BCUT2D eigenvalue weighted by Crippen LogP contribution is 2.21. The van der Waals surface area contributed by atoms with E-state index in [2.05, 4.69) is 21.2 Å². The Hall–Kier alpha value is -1.99. The van der Waals surface area contributed by atoms with E-state index in [4.69, 9.17) is 0 Å². The molecule has 4 nitrogen and oxygen atoms in total. The topological polar surface area (TPSA) is 35.6 Å². The molecule has 132 valence electrons. The standard InChI is InChI=1S/C18H18BrF2N3O/c19-13-5-6-16(15(21)11-13)22-18(25)12-23-7-9-24(10-8-23)17-4-2-1-3-14(17)20/h1-6,11H,7-10,12H2,(H,22,25). The Bertz CT molecular complexity index is 764. The minimum Gasteiger partial charge on any atom is -0.367 e. The van der Waals surface area contributed by atoms with Crippen molar-refractivity contribution in [2.24, 2.45) is 0 Å². The second-order valence-corrected chi connectivity index (χ2v) is 6.80. The van der Waals surface area contributed by atoms with Gasteiger partial charge in [-0.15, -0.1) is 0 Å². The van der Waals surface area contributed by atoms with Crippen molar-refractivity contribution < 1.29 is 13.6 Å². The fourth-order valence-corrected chi connectivity index (χ4v) is 3.17. The maximum absolute atomic E-state index is 13.8. The van der Waals surface area contributed by atoms with Crippen LogP contribution in [0.1, 0.15) is 0 Å². The van der Waals surface area contributed by atoms with E-state index in [1.54, 1.807) is 18.2 Å². The quantitative estimate of drug-likeness (QED) is 0.839. The van der Waals surface area contributed by atoms with E-state index in [9.17, 15) is 13.6 Å². The zero-order valence-electron chi connectivity index (χ0n) is 13.5. The molecular weight excluding hydrogens is 392 g/mol. The molecule has 0 aromatic heterocycles. The van der Waals surface area contributed by atoms with Crippen molar-refractivity contribution in [1.29, 1.82) is 0 Å². The predicted molar refractivity (Wildman–Crippen MR) is 97.8 cm³/mol. The van der Waals surface area contributed by atoms with Gasteiger partial charge in [0.15, 0.2) is 0 Å². The molecule has 25 heavy (non-hydrogen) atoms. The van der Waals surface area contributed by atoms with Crippen molar-refractivity contribution in [3.63, 3.8) is 0 Å². The lowest BCUT2D eigenvalue weighted by atomic mass is 10.2. The highest BCUT2D eigenvalue weighted by molar-refractivity contribution is 9.10. The number of piperazine rings is 1. The van der Waals surface area contributed by atoms with E-state index < -0.39 is 5.82 Å². The molecule has 1 amide bonds. The number of carbonyl (C=O) groups excluding carboxylic acids is 1. The molecule has 1 aliphatic heterocycles. The van der Waals surface area contributed by atoms with Gasteiger partial charge in [0.25, 0.3) is 0 Å². The van der Waals surface area contributed by atoms with Crippen LogP contribution in [0.3, 0.4) is 0 Å². The Morgan fingerprint density at radius 2 is 1.76 bits per heavy atom. The number of nitrogens with zero attached hydrogens (tertiary/aromatic N) is 2. The molecule has 0 spiro atoms. The number of nitrogens with one attached hydrogen (secondary N) is 1. The molecule has 1 saturated heterocycles. The molecule has 0 saturated carbocycles. The minimum absolute atomic E-state index is 0.165. The van der Waals surface area contributed by atoms with E-state index in [1.807, 2.05) is 15.9 Å². The number of anilines is 2. The molecule has 3 rings (SSSR count). The molecule has 1 aliphatic rings. The number of carbonyl (C=O) groups is 1. The third-order valence-corrected chi connectivity index (χ3v) is 4.63. The van der Waals surface area contributed by atoms with Gasteiger partial charge >= 0.3 is 0 Å². The van der Waals surface area contributed by atoms with Crippen molar-refractivity contribution in [1.82, 2.24) is 4.90 Å². The summed E-state index contributed by atoms with van der Waals surface area (Å²) in [5.74, 6) is -0.980. The van der Waals surface area contributed by atoms with Crippen LogP contribution in [0.2, 0.25) is 0 Å². The molecular formula is C18H18BrF2N3O. The zero-order valence-corrected chi connectivity index (χ0v) is 15.1. The van der Waals surface area contributed by atoms with Crippen molar-refractivity contribution in [2.75, 3.05) is 42.9 Å². The number of hydrogen-bond donors (Lipinski definition) is 1. The van der Waals surface area contributed by atoms with Crippen molar-refractivity contribution in [3.05, 3.63) is 58.6 Å². The van der Waals surface area contributed by atoms with Gasteiger partial charge in [0.2, 0.25) is 5.91 Å². The largest absolute Gasteiger partial charge is 0.367 e. The lowest BCUT2D eigenvalue weighted by Gasteiger charge is -2.35. The van der Waals surface area contributed by atoms with Crippen LogP contribution < -0.4 is 10.2 Å². The van der Waals surface area contributed by atoms with E-state index in [0.717, 1.165) is 0 Å². The first-order valence-corrected chi connectivity index (χ1v) is 8.79. The molecule has 1 fully saturated rings. The monoisotopic (exact) mass is 409 g/mol. The molecule has 1 heterocycles. The molecule has 0 atom stereocenters. The summed E-state index contributed by atoms with van der Waals surface area (Å²) in [6.07, 6.45) is 0. The molecule has 2 aromatic carbocycles. The van der Waals surface area contributed by atoms with Crippen LogP contribution >= 0.6 is 15.9 Å². The summed E-state index contributed by atoms with van der Waals surface area (Å²) >= 11 is 3.18. The molecule has 7 heteroatoms. The Morgan fingerprint density at radius 1 is 1.04 bits per heavy atom. The normalized spacial score (nSPS) is 15.2. The third-order valence-electron chi connectivity index (χ3n) is 4.14. The fraction of sp³-hybridized carbons (Fsp3) is 0.278. The average Bonchev–Trinajstić information content (AvgIpc) is 2.59. The molecule has 0 radical (unpaired) electrons. The van der Waals surface area contributed by atoms with E-state index in [1.165, 1.54) is 18.2 Å². The van der Waals surface area contributed by atoms with Gasteiger partial charge in [0.1, 0.15) is 11.6 Å². The lowest BCUT2D eigenvalue weighted by molar-refractivity contribution is -0.117. The fourth-order valence-electron chi connectivity index (χ4n) is 2.84. The van der Waals surface area contributed by atoms with Gasteiger partial charge in [-0.3, -0.25) is 9.69 Å². The van der Waals surface area contributed by atoms with Gasteiger partial charge in [-0.1, -0.05) is 28.1 Å². The maximum Gasteiger partial charge on any atom is 0.238 e. The molecule has 0 bridgehead atoms. The van der Waals surface area contributed by atoms with E-state index in [-0.39, 0.29) is 24.0 Å². The smallest absolute Gasteiger partial charge is 0.238 e. The van der Waals surface area contributed by atoms with Crippen LogP contribution in [0.4, 0.5) is 20.2 Å². The van der Waals surface area contributed by atoms with Crippen LogP contribution in [0.25, 0.3) is 0 Å². The van der Waals surface area contributed by atoms with Gasteiger partial charge in [-0.25, -0.2) is 8.78 Å². The van der Waals surface area contributed by atoms with Gasteiger partial charge in [0, 0.05) is 30.7 Å². The van der Waals surface area contributed by atoms with Crippen LogP contribution in [-0.2, 0) is 4.79 Å². The number of benzene rings is 2. The number of halogens is 3. The summed E-state index contributed by atoms with van der Waals surface area (Å²) in [5.41, 5.74) is 0.752. The zero-order chi connectivity index (χ0) is 17.8. The van der Waals surface area contributed by atoms with Crippen LogP contribution in [0, 0.1) is 11.6 Å². The third kappa shape index (κ3) is 4.55. The Balaban J connectivity index is 1.52. The summed E-state index contributed by atoms with van der Waals surface area (Å²) < 4.78 is 28.2. The van der Waals surface area contributed by atoms with Crippen molar-refractivity contribution in [2.45, 2.75) is 0 Å². The number of para-hydroxylation sites is 1. The molecule has 0 aliphatic carbocycles. The summed E-state index contributed by atoms with van der Waals surface area (Å²) in [4.78, 5) is 16.1. The van der Waals surface area contributed by atoms with E-state index in [0.29, 0.717) is 36.3 Å². The van der Waals surface area contributed by atoms with Crippen LogP contribution in [0.15, 0.2) is 46.9 Å². The lowest BCUT2D eigenvalue weighted by Crippen LogP contribution is -2.48. The van der Waals surface area contributed by atoms with Gasteiger partial charge in [-0.05, 0) is 30.3 Å². The molecule has 1 N–H and O–H groups in total. The second-order valence-electron chi connectivity index (χ2n) is 5.89. The summed E-state index contributed by atoms with van der Waals surface area (Å²) in [7, 11) is 0. The van der Waals surface area contributed by atoms with Crippen molar-refractivity contribution >= 4 is 33.2 Å². The highest BCUT2D eigenvalue weighted by atomic mass is 79.9. The first-order valence-electron chi connectivity index (χ1n) is 7.99. The highest BCUT2D eigenvalue weighted by Gasteiger charge is 2.21. The summed E-state index contributed by atoms with van der Waals surface area (Å²) in [6.45, 7) is 2.75. The minimum atomic E-state index is -0.480. The summed E-state index contributed by atoms with van der Waals surface area (Å²) in [5, 5.41) is 2.59. The molecule has 2 aromatic rings. The van der Waals surface area contributed by atoms with E-state index >= 15 is 0 Å². The Labute approximate surface area is 153 Å².